The van der Waals surface area contributed by atoms with Crippen molar-refractivity contribution in [2.45, 2.75) is 71.5 Å². The summed E-state index contributed by atoms with van der Waals surface area (Å²) in [6.07, 6.45) is 5.54. The number of ether oxygens (including phenoxy) is 3. The lowest BCUT2D eigenvalue weighted by Gasteiger charge is -2.50. The molecule has 192 valence electrons. The Morgan fingerprint density at radius 2 is 1.59 bits per heavy atom. The molecule has 0 aromatic rings. The molecule has 8 heteroatoms. The monoisotopic (exact) mass is 494 g/mol. The van der Waals surface area contributed by atoms with Crippen molar-refractivity contribution in [3.8, 4) is 0 Å². The highest BCUT2D eigenvalue weighted by molar-refractivity contribution is 6.69. The van der Waals surface area contributed by atoms with Crippen LogP contribution in [0.15, 0.2) is 0 Å². The molecule has 0 radical (unpaired) electrons. The molecular weight excluding hydrogens is 452 g/mol. The average Bonchev–Trinajstić information content (AvgIpc) is 3.24. The van der Waals surface area contributed by atoms with Crippen LogP contribution in [0, 0.1) is 45.8 Å². The third kappa shape index (κ3) is 3.49. The Morgan fingerprint density at radius 3 is 2.18 bits per heavy atom. The van der Waals surface area contributed by atoms with Gasteiger partial charge in [0.15, 0.2) is 8.32 Å². The van der Waals surface area contributed by atoms with Gasteiger partial charge in [0, 0.05) is 12.5 Å². The van der Waals surface area contributed by atoms with Crippen LogP contribution in [0.3, 0.4) is 0 Å². The van der Waals surface area contributed by atoms with Gasteiger partial charge in [-0.05, 0) is 88.3 Å². The summed E-state index contributed by atoms with van der Waals surface area (Å²) in [6, 6.07) is 0. The van der Waals surface area contributed by atoms with Gasteiger partial charge in [-0.1, -0.05) is 6.42 Å². The molecule has 4 rings (SSSR count). The maximum absolute atomic E-state index is 13.7. The van der Waals surface area contributed by atoms with Crippen LogP contribution in [-0.4, -0.2) is 54.2 Å². The Morgan fingerprint density at radius 1 is 0.912 bits per heavy atom. The largest absolute Gasteiger partial charge is 0.469 e. The zero-order valence-electron chi connectivity index (χ0n) is 21.9. The van der Waals surface area contributed by atoms with Crippen molar-refractivity contribution in [3.05, 3.63) is 0 Å². The molecule has 0 amide bonds. The molecule has 7 nitrogen and oxygen atoms in total. The molecular formula is C26H42O7Si. The molecule has 4 aliphatic rings. The van der Waals surface area contributed by atoms with Gasteiger partial charge in [-0.25, -0.2) is 0 Å². The summed E-state index contributed by atoms with van der Waals surface area (Å²) >= 11 is 0. The van der Waals surface area contributed by atoms with E-state index in [1.54, 1.807) is 0 Å². The molecule has 2 bridgehead atoms. The molecule has 34 heavy (non-hydrogen) atoms. The number of carbonyl (C=O) groups excluding carboxylic acids is 3. The van der Waals surface area contributed by atoms with Gasteiger partial charge in [0.2, 0.25) is 0 Å². The van der Waals surface area contributed by atoms with Gasteiger partial charge in [0.1, 0.15) is 0 Å². The fourth-order valence-electron chi connectivity index (χ4n) is 9.01. The molecule has 4 fully saturated rings. The maximum Gasteiger partial charge on any atom is 0.312 e. The first-order chi connectivity index (χ1) is 15.9. The van der Waals surface area contributed by atoms with E-state index in [1.807, 2.05) is 6.92 Å². The summed E-state index contributed by atoms with van der Waals surface area (Å²) in [7, 11) is 2.56. The lowest BCUT2D eigenvalue weighted by atomic mass is 9.52. The standard InChI is InChI=1S/C26H42O7Si/c1-24(22(28)31-3)11-8-12-26(23(29)32-4)18-10-9-16-13-25(18,19(20(24)26)21(27)30-2)14-17(16)15-33-34(5,6)7/h16-20H,8-15H2,1-7H3/t16?,17-,18+,19+,20+,24+,25+,26+/m0/s1. The third-order valence-electron chi connectivity index (χ3n) is 9.98. The summed E-state index contributed by atoms with van der Waals surface area (Å²) < 4.78 is 22.5. The number of methoxy groups -OCH3 is 3. The Balaban J connectivity index is 1.87. The Bertz CT molecular complexity index is 853. The molecule has 0 saturated heterocycles. The van der Waals surface area contributed by atoms with Crippen molar-refractivity contribution in [3.63, 3.8) is 0 Å². The first-order valence-electron chi connectivity index (χ1n) is 12.8. The molecule has 0 aliphatic heterocycles. The fraction of sp³-hybridized carbons (Fsp3) is 0.885. The van der Waals surface area contributed by atoms with Crippen LogP contribution in [0.25, 0.3) is 0 Å². The molecule has 1 unspecified atom stereocenters. The highest BCUT2D eigenvalue weighted by atomic mass is 28.4. The Labute approximate surface area is 204 Å². The summed E-state index contributed by atoms with van der Waals surface area (Å²) in [4.78, 5) is 40.7. The van der Waals surface area contributed by atoms with Crippen LogP contribution in [0.1, 0.15) is 51.9 Å². The number of esters is 3. The molecule has 0 heterocycles. The van der Waals surface area contributed by atoms with Crippen LogP contribution in [0.4, 0.5) is 0 Å². The summed E-state index contributed by atoms with van der Waals surface area (Å²) in [6.45, 7) is 9.19. The van der Waals surface area contributed by atoms with Gasteiger partial charge in [-0.3, -0.25) is 14.4 Å². The lowest BCUT2D eigenvalue weighted by Crippen LogP contribution is -2.55. The van der Waals surface area contributed by atoms with Gasteiger partial charge in [0.25, 0.3) is 0 Å². The van der Waals surface area contributed by atoms with Crippen LogP contribution in [0.5, 0.6) is 0 Å². The zero-order valence-corrected chi connectivity index (χ0v) is 22.9. The summed E-state index contributed by atoms with van der Waals surface area (Å²) in [5, 5.41) is 0. The van der Waals surface area contributed by atoms with Gasteiger partial charge in [-0.15, -0.1) is 0 Å². The van der Waals surface area contributed by atoms with E-state index in [4.69, 9.17) is 18.6 Å². The van der Waals surface area contributed by atoms with Crippen molar-refractivity contribution in [1.82, 2.24) is 0 Å². The minimum Gasteiger partial charge on any atom is -0.469 e. The predicted molar refractivity (Wildman–Crippen MR) is 128 cm³/mol. The molecule has 4 aliphatic carbocycles. The topological polar surface area (TPSA) is 88.1 Å². The Kier molecular flexibility index (Phi) is 6.50. The van der Waals surface area contributed by atoms with E-state index in [2.05, 4.69) is 19.6 Å². The van der Waals surface area contributed by atoms with E-state index in [1.165, 1.54) is 21.3 Å². The summed E-state index contributed by atoms with van der Waals surface area (Å²) in [5.74, 6) is -1.16. The average molecular weight is 495 g/mol. The van der Waals surface area contributed by atoms with E-state index in [0.717, 1.165) is 32.1 Å². The second-order valence-electron chi connectivity index (χ2n) is 12.5. The Hall–Kier alpha value is -1.41. The number of rotatable bonds is 6. The highest BCUT2D eigenvalue weighted by Gasteiger charge is 2.79. The molecule has 0 aromatic heterocycles. The third-order valence-corrected chi connectivity index (χ3v) is 11.0. The van der Waals surface area contributed by atoms with Gasteiger partial charge >= 0.3 is 17.9 Å². The summed E-state index contributed by atoms with van der Waals surface area (Å²) in [5.41, 5.74) is -2.22. The van der Waals surface area contributed by atoms with Gasteiger partial charge < -0.3 is 18.6 Å². The van der Waals surface area contributed by atoms with E-state index < -0.39 is 31.0 Å². The first-order valence-corrected chi connectivity index (χ1v) is 16.2. The smallest absolute Gasteiger partial charge is 0.312 e. The van der Waals surface area contributed by atoms with Crippen molar-refractivity contribution < 1.29 is 33.0 Å². The van der Waals surface area contributed by atoms with Crippen LogP contribution >= 0.6 is 0 Å². The van der Waals surface area contributed by atoms with Gasteiger partial charge in [-0.2, -0.15) is 0 Å². The SMILES string of the molecule is COC(=O)[C@H]1[C@H]2[C@@](C(=O)OC)(CCC[C@@]2(C)C(=O)OC)[C@@H]2CCC3C[C@@]21C[C@H]3CO[Si](C)(C)C. The fourth-order valence-corrected chi connectivity index (χ4v) is 9.73. The van der Waals surface area contributed by atoms with Crippen LogP contribution < -0.4 is 0 Å². The number of carbonyl (C=O) groups is 3. The number of fused-ring (bicyclic) bond motifs is 3. The van der Waals surface area contributed by atoms with E-state index >= 15 is 0 Å². The van der Waals surface area contributed by atoms with E-state index in [0.29, 0.717) is 31.3 Å². The molecule has 1 spiro atoms. The molecule has 0 N–H and O–H groups in total. The first kappa shape index (κ1) is 25.7. The molecule has 4 saturated carbocycles. The van der Waals surface area contributed by atoms with Crippen molar-refractivity contribution in [2.75, 3.05) is 27.9 Å². The maximum atomic E-state index is 13.7. The molecule has 0 aromatic carbocycles. The van der Waals surface area contributed by atoms with Crippen LogP contribution in [0.2, 0.25) is 19.6 Å². The number of hydrogen-bond acceptors (Lipinski definition) is 7. The van der Waals surface area contributed by atoms with Gasteiger partial charge in [0.05, 0.1) is 38.1 Å². The van der Waals surface area contributed by atoms with E-state index in [-0.39, 0.29) is 29.2 Å². The van der Waals surface area contributed by atoms with Crippen molar-refractivity contribution in [1.29, 1.82) is 0 Å². The second-order valence-corrected chi connectivity index (χ2v) is 17.0. The lowest BCUT2D eigenvalue weighted by molar-refractivity contribution is -0.181. The minimum atomic E-state index is -1.69. The predicted octanol–water partition coefficient (Wildman–Crippen LogP) is 4.20. The van der Waals surface area contributed by atoms with Crippen molar-refractivity contribution in [2.24, 2.45) is 45.8 Å². The van der Waals surface area contributed by atoms with E-state index in [9.17, 15) is 14.4 Å². The highest BCUT2D eigenvalue weighted by Crippen LogP contribution is 2.78. The zero-order chi connectivity index (χ0) is 25.1. The molecule has 8 atom stereocenters. The minimum absolute atomic E-state index is 0.0148. The van der Waals surface area contributed by atoms with Crippen molar-refractivity contribution >= 4 is 26.2 Å². The second kappa shape index (κ2) is 8.61. The normalized spacial score (nSPS) is 43.0. The quantitative estimate of drug-likeness (QED) is 0.311. The number of hydrogen-bond donors (Lipinski definition) is 0. The van der Waals surface area contributed by atoms with Crippen LogP contribution in [-0.2, 0) is 33.0 Å².